The first kappa shape index (κ1) is 19.0. The van der Waals surface area contributed by atoms with E-state index in [9.17, 15) is 9.59 Å². The Labute approximate surface area is 168 Å². The molecule has 1 saturated heterocycles. The maximum atomic E-state index is 13.3. The van der Waals surface area contributed by atoms with E-state index in [0.717, 1.165) is 10.9 Å². The largest absolute Gasteiger partial charge is 0.466 e. The molecule has 8 heteroatoms. The Bertz CT molecular complexity index is 1040. The van der Waals surface area contributed by atoms with Crippen molar-refractivity contribution in [1.29, 1.82) is 0 Å². The monoisotopic (exact) mass is 393 g/mol. The SMILES string of the molecule is CCOC(=O)C1CCN(C(=O)c2cc(-c3cccnc3)nc3c2cnn3C)CC1. The summed E-state index contributed by atoms with van der Waals surface area (Å²) in [6.45, 7) is 3.23. The number of carbonyl (C=O) groups excluding carboxylic acids is 2. The van der Waals surface area contributed by atoms with Gasteiger partial charge in [-0.25, -0.2) is 4.98 Å². The number of piperidine rings is 1. The smallest absolute Gasteiger partial charge is 0.309 e. The molecule has 1 aliphatic heterocycles. The molecule has 0 bridgehead atoms. The van der Waals surface area contributed by atoms with Crippen molar-refractivity contribution in [1.82, 2.24) is 24.6 Å². The number of pyridine rings is 2. The van der Waals surface area contributed by atoms with Crippen LogP contribution in [0.25, 0.3) is 22.3 Å². The second-order valence-electron chi connectivity index (χ2n) is 7.12. The van der Waals surface area contributed by atoms with Crippen LogP contribution in [-0.2, 0) is 16.6 Å². The number of likely N-dealkylation sites (tertiary alicyclic amines) is 1. The lowest BCUT2D eigenvalue weighted by molar-refractivity contribution is -0.149. The molecule has 150 valence electrons. The fourth-order valence-corrected chi connectivity index (χ4v) is 3.70. The number of ether oxygens (including phenoxy) is 1. The van der Waals surface area contributed by atoms with Crippen LogP contribution in [0.1, 0.15) is 30.1 Å². The van der Waals surface area contributed by atoms with Crippen LogP contribution in [0.2, 0.25) is 0 Å². The van der Waals surface area contributed by atoms with Crippen LogP contribution in [0.3, 0.4) is 0 Å². The molecular weight excluding hydrogens is 370 g/mol. The normalized spacial score (nSPS) is 14.9. The summed E-state index contributed by atoms with van der Waals surface area (Å²) in [7, 11) is 1.81. The van der Waals surface area contributed by atoms with Gasteiger partial charge < -0.3 is 9.64 Å². The Kier molecular flexibility index (Phi) is 5.24. The third kappa shape index (κ3) is 3.70. The molecular formula is C21H23N5O3. The molecule has 4 rings (SSSR count). The number of aromatic nitrogens is 4. The highest BCUT2D eigenvalue weighted by Gasteiger charge is 2.30. The lowest BCUT2D eigenvalue weighted by atomic mass is 9.96. The van der Waals surface area contributed by atoms with E-state index in [-0.39, 0.29) is 17.8 Å². The summed E-state index contributed by atoms with van der Waals surface area (Å²) in [6, 6.07) is 5.56. The molecule has 0 saturated carbocycles. The number of esters is 1. The van der Waals surface area contributed by atoms with E-state index in [1.807, 2.05) is 12.1 Å². The molecule has 4 heterocycles. The van der Waals surface area contributed by atoms with E-state index in [1.165, 1.54) is 0 Å². The first-order valence-corrected chi connectivity index (χ1v) is 9.77. The van der Waals surface area contributed by atoms with Crippen molar-refractivity contribution >= 4 is 22.9 Å². The summed E-state index contributed by atoms with van der Waals surface area (Å²) in [5.74, 6) is -0.379. The molecule has 0 atom stereocenters. The van der Waals surface area contributed by atoms with Crippen LogP contribution in [0.5, 0.6) is 0 Å². The highest BCUT2D eigenvalue weighted by Crippen LogP contribution is 2.27. The van der Waals surface area contributed by atoms with Crippen molar-refractivity contribution < 1.29 is 14.3 Å². The molecule has 0 radical (unpaired) electrons. The zero-order chi connectivity index (χ0) is 20.4. The van der Waals surface area contributed by atoms with Crippen molar-refractivity contribution in [3.05, 3.63) is 42.4 Å². The van der Waals surface area contributed by atoms with Crippen molar-refractivity contribution in [3.63, 3.8) is 0 Å². The molecule has 0 N–H and O–H groups in total. The summed E-state index contributed by atoms with van der Waals surface area (Å²) in [6.07, 6.45) is 6.33. The summed E-state index contributed by atoms with van der Waals surface area (Å²) in [4.78, 5) is 35.9. The third-order valence-electron chi connectivity index (χ3n) is 5.29. The van der Waals surface area contributed by atoms with Gasteiger partial charge >= 0.3 is 5.97 Å². The molecule has 0 unspecified atom stereocenters. The van der Waals surface area contributed by atoms with Gasteiger partial charge in [0.15, 0.2) is 5.65 Å². The van der Waals surface area contributed by atoms with Gasteiger partial charge in [0.25, 0.3) is 5.91 Å². The molecule has 0 aliphatic carbocycles. The fourth-order valence-electron chi connectivity index (χ4n) is 3.70. The molecule has 0 aromatic carbocycles. The second-order valence-corrected chi connectivity index (χ2v) is 7.12. The molecule has 3 aromatic heterocycles. The predicted molar refractivity (Wildman–Crippen MR) is 107 cm³/mol. The van der Waals surface area contributed by atoms with E-state index in [2.05, 4.69) is 15.1 Å². The molecule has 8 nitrogen and oxygen atoms in total. The number of rotatable bonds is 4. The molecule has 0 spiro atoms. The highest BCUT2D eigenvalue weighted by atomic mass is 16.5. The molecule has 29 heavy (non-hydrogen) atoms. The average Bonchev–Trinajstić information content (AvgIpc) is 3.14. The van der Waals surface area contributed by atoms with Gasteiger partial charge in [-0.2, -0.15) is 5.10 Å². The standard InChI is InChI=1S/C21H23N5O3/c1-3-29-21(28)14-6-9-26(10-7-14)20(27)16-11-18(15-5-4-8-22-12-15)24-19-17(16)13-23-25(19)2/h4-5,8,11-14H,3,6-7,9-10H2,1-2H3. The predicted octanol–water partition coefficient (Wildman–Crippen LogP) is 2.45. The van der Waals surface area contributed by atoms with Gasteiger partial charge in [-0.3, -0.25) is 19.3 Å². The number of nitrogens with zero attached hydrogens (tertiary/aromatic N) is 5. The molecule has 1 aliphatic rings. The number of hydrogen-bond acceptors (Lipinski definition) is 6. The van der Waals surface area contributed by atoms with E-state index in [1.54, 1.807) is 48.2 Å². The van der Waals surface area contributed by atoms with E-state index in [0.29, 0.717) is 49.4 Å². The van der Waals surface area contributed by atoms with Crippen molar-refractivity contribution in [2.24, 2.45) is 13.0 Å². The number of hydrogen-bond donors (Lipinski definition) is 0. The first-order chi connectivity index (χ1) is 14.1. The number of fused-ring (bicyclic) bond motifs is 1. The number of carbonyl (C=O) groups is 2. The molecule has 3 aromatic rings. The van der Waals surface area contributed by atoms with Gasteiger partial charge in [-0.1, -0.05) is 0 Å². The van der Waals surface area contributed by atoms with Crippen LogP contribution in [0, 0.1) is 5.92 Å². The second kappa shape index (κ2) is 7.98. The lowest BCUT2D eigenvalue weighted by Gasteiger charge is -2.31. The van der Waals surface area contributed by atoms with Crippen molar-refractivity contribution in [2.45, 2.75) is 19.8 Å². The van der Waals surface area contributed by atoms with Gasteiger partial charge in [0.05, 0.1) is 35.4 Å². The van der Waals surface area contributed by atoms with Gasteiger partial charge in [0.1, 0.15) is 0 Å². The Morgan fingerprint density at radius 3 is 2.72 bits per heavy atom. The van der Waals surface area contributed by atoms with Crippen LogP contribution in [0.15, 0.2) is 36.8 Å². The zero-order valence-electron chi connectivity index (χ0n) is 16.5. The van der Waals surface area contributed by atoms with E-state index in [4.69, 9.17) is 4.74 Å². The van der Waals surface area contributed by atoms with Crippen LogP contribution in [-0.4, -0.2) is 56.2 Å². The topological polar surface area (TPSA) is 90.2 Å². The summed E-state index contributed by atoms with van der Waals surface area (Å²) in [5.41, 5.74) is 2.73. The van der Waals surface area contributed by atoms with Crippen LogP contribution < -0.4 is 0 Å². The summed E-state index contributed by atoms with van der Waals surface area (Å²) in [5, 5.41) is 5.00. The molecule has 1 fully saturated rings. The highest BCUT2D eigenvalue weighted by molar-refractivity contribution is 6.06. The van der Waals surface area contributed by atoms with E-state index >= 15 is 0 Å². The van der Waals surface area contributed by atoms with Gasteiger partial charge in [-0.05, 0) is 38.0 Å². The van der Waals surface area contributed by atoms with Crippen LogP contribution >= 0.6 is 0 Å². The number of aryl methyl sites for hydroxylation is 1. The Morgan fingerprint density at radius 2 is 2.03 bits per heavy atom. The average molecular weight is 393 g/mol. The quantitative estimate of drug-likeness (QED) is 0.633. The van der Waals surface area contributed by atoms with Crippen molar-refractivity contribution in [3.8, 4) is 11.3 Å². The summed E-state index contributed by atoms with van der Waals surface area (Å²) >= 11 is 0. The van der Waals surface area contributed by atoms with Crippen LogP contribution in [0.4, 0.5) is 0 Å². The Hall–Kier alpha value is -3.29. The number of amides is 1. The fraction of sp³-hybridized carbons (Fsp3) is 0.381. The van der Waals surface area contributed by atoms with Gasteiger partial charge in [0.2, 0.25) is 0 Å². The zero-order valence-corrected chi connectivity index (χ0v) is 16.5. The minimum Gasteiger partial charge on any atom is -0.466 e. The lowest BCUT2D eigenvalue weighted by Crippen LogP contribution is -2.40. The minimum atomic E-state index is -0.169. The van der Waals surface area contributed by atoms with Crippen molar-refractivity contribution in [2.75, 3.05) is 19.7 Å². The maximum absolute atomic E-state index is 13.3. The summed E-state index contributed by atoms with van der Waals surface area (Å²) < 4.78 is 6.78. The molecule has 1 amide bonds. The Morgan fingerprint density at radius 1 is 1.24 bits per heavy atom. The Balaban J connectivity index is 1.63. The third-order valence-corrected chi connectivity index (χ3v) is 5.29. The van der Waals surface area contributed by atoms with Gasteiger partial charge in [0, 0.05) is 38.1 Å². The first-order valence-electron chi connectivity index (χ1n) is 9.77. The van der Waals surface area contributed by atoms with E-state index < -0.39 is 0 Å². The maximum Gasteiger partial charge on any atom is 0.309 e. The van der Waals surface area contributed by atoms with Gasteiger partial charge in [-0.15, -0.1) is 0 Å². The minimum absolute atomic E-state index is 0.0714.